The van der Waals surface area contributed by atoms with Gasteiger partial charge in [-0.1, -0.05) is 42.3 Å². The van der Waals surface area contributed by atoms with E-state index >= 15 is 0 Å². The minimum Gasteiger partial charge on any atom is -0.488 e. The Bertz CT molecular complexity index is 2170. The number of benzene rings is 3. The molecule has 3 aromatic carbocycles. The van der Waals surface area contributed by atoms with Crippen LogP contribution in [0.5, 0.6) is 23.0 Å². The summed E-state index contributed by atoms with van der Waals surface area (Å²) < 4.78 is 49.5. The number of β-amino-alcohol motifs (C(OH)–C–C–N with tert-alkyl or cyclic N) is 1. The van der Waals surface area contributed by atoms with E-state index in [2.05, 4.69) is 16.0 Å². The number of piperidine rings is 1. The fourth-order valence-corrected chi connectivity index (χ4v) is 8.46. The summed E-state index contributed by atoms with van der Waals surface area (Å²) in [6.45, 7) is 6.14. The third kappa shape index (κ3) is 9.58. The van der Waals surface area contributed by atoms with Crippen molar-refractivity contribution < 1.29 is 42.4 Å². The largest absolute Gasteiger partial charge is 0.488 e. The second-order valence-corrected chi connectivity index (χ2v) is 17.3. The van der Waals surface area contributed by atoms with Crippen LogP contribution in [0.3, 0.4) is 0 Å². The Morgan fingerprint density at radius 2 is 1.82 bits per heavy atom. The van der Waals surface area contributed by atoms with Crippen molar-refractivity contribution in [2.45, 2.75) is 81.9 Å². The van der Waals surface area contributed by atoms with Crippen molar-refractivity contribution in [2.75, 3.05) is 39.0 Å². The number of aliphatic hydroxyl groups excluding tert-OH is 1. The maximum Gasteiger partial charge on any atom is 0.320 e. The lowest BCUT2D eigenvalue weighted by Gasteiger charge is -2.33. The van der Waals surface area contributed by atoms with Crippen molar-refractivity contribution in [3.05, 3.63) is 94.3 Å². The van der Waals surface area contributed by atoms with Gasteiger partial charge in [0.2, 0.25) is 0 Å². The van der Waals surface area contributed by atoms with Gasteiger partial charge in [0.25, 0.3) is 0 Å². The van der Waals surface area contributed by atoms with Crippen LogP contribution in [0, 0.1) is 6.92 Å². The molecule has 14 heteroatoms. The molecule has 12 nitrogen and oxygen atoms in total. The van der Waals surface area contributed by atoms with Crippen LogP contribution in [0.4, 0.5) is 0 Å². The number of aliphatic hydroxyl groups is 1. The van der Waals surface area contributed by atoms with Crippen LogP contribution in [0.1, 0.15) is 54.4 Å². The highest BCUT2D eigenvalue weighted by Crippen LogP contribution is 2.39. The molecular weight excluding hydrogens is 758 g/mol. The Balaban J connectivity index is 1.08. The standard InChI is InChI=1S/C42H48ClN3O9S/c1-27-30(6-5-7-35(27)29-9-10-38-41(18-29)55-33(26-54-38)12-15-45-14-11-32(47)23-45)25-53-40-19-39(52-24-28-16-34(21-44-20-28)56(2,50)51)31(17-36(40)43)22-46-13-4-3-8-37(46)42(48)49/h5-7,9-10,16-21,32-33,37,47H,3-4,8,11-15,22-26H2,1-2H3,(H,48,49)/t32?,33?,37-/m0/s1. The monoisotopic (exact) mass is 805 g/mol. The number of rotatable bonds is 14. The first kappa shape index (κ1) is 39.8. The van der Waals surface area contributed by atoms with Crippen molar-refractivity contribution in [1.29, 1.82) is 0 Å². The quantitative estimate of drug-likeness (QED) is 0.147. The van der Waals surface area contributed by atoms with Gasteiger partial charge < -0.3 is 34.1 Å². The summed E-state index contributed by atoms with van der Waals surface area (Å²) in [7, 11) is -3.47. The van der Waals surface area contributed by atoms with E-state index in [9.17, 15) is 23.4 Å². The van der Waals surface area contributed by atoms with E-state index in [0.29, 0.717) is 71.8 Å². The number of likely N-dealkylation sites (tertiary alicyclic amines) is 2. The molecule has 4 heterocycles. The Morgan fingerprint density at radius 3 is 2.61 bits per heavy atom. The number of hydrogen-bond donors (Lipinski definition) is 2. The summed E-state index contributed by atoms with van der Waals surface area (Å²) in [4.78, 5) is 20.5. The first-order chi connectivity index (χ1) is 26.9. The zero-order valence-electron chi connectivity index (χ0n) is 31.7. The average Bonchev–Trinajstić information content (AvgIpc) is 3.61. The van der Waals surface area contributed by atoms with Gasteiger partial charge in [0.1, 0.15) is 43.5 Å². The second-order valence-electron chi connectivity index (χ2n) is 14.9. The highest BCUT2D eigenvalue weighted by Gasteiger charge is 2.30. The molecule has 3 atom stereocenters. The number of fused-ring (bicyclic) bond motifs is 1. The molecule has 4 aromatic rings. The summed E-state index contributed by atoms with van der Waals surface area (Å²) in [5.41, 5.74) is 5.24. The number of ether oxygens (including phenoxy) is 4. The van der Waals surface area contributed by atoms with Gasteiger partial charge in [-0.25, -0.2) is 8.42 Å². The van der Waals surface area contributed by atoms with Gasteiger partial charge in [0.15, 0.2) is 21.3 Å². The molecule has 2 unspecified atom stereocenters. The molecule has 0 aliphatic carbocycles. The second kappa shape index (κ2) is 17.4. The van der Waals surface area contributed by atoms with Crippen molar-refractivity contribution in [3.63, 3.8) is 0 Å². The predicted molar refractivity (Wildman–Crippen MR) is 211 cm³/mol. The number of carboxylic acids is 1. The molecule has 298 valence electrons. The number of halogens is 1. The Morgan fingerprint density at radius 1 is 0.982 bits per heavy atom. The van der Waals surface area contributed by atoms with Gasteiger partial charge in [-0.05, 0) is 79.3 Å². The predicted octanol–water partition coefficient (Wildman–Crippen LogP) is 6.31. The molecule has 3 aliphatic rings. The van der Waals surface area contributed by atoms with Crippen LogP contribution in [-0.4, -0.2) is 96.7 Å². The molecule has 0 saturated carbocycles. The molecule has 0 amide bonds. The van der Waals surface area contributed by atoms with Crippen molar-refractivity contribution in [2.24, 2.45) is 0 Å². The smallest absolute Gasteiger partial charge is 0.320 e. The molecule has 2 saturated heterocycles. The lowest BCUT2D eigenvalue weighted by atomic mass is 9.96. The van der Waals surface area contributed by atoms with E-state index in [-0.39, 0.29) is 30.3 Å². The number of aliphatic carboxylic acids is 1. The molecule has 7 rings (SSSR count). The number of carbonyl (C=O) groups is 1. The number of carboxylic acid groups (broad SMARTS) is 1. The topological polar surface area (TPSA) is 148 Å². The van der Waals surface area contributed by atoms with Gasteiger partial charge in [-0.2, -0.15) is 0 Å². The van der Waals surface area contributed by atoms with Crippen LogP contribution in [0.2, 0.25) is 5.02 Å². The first-order valence-corrected chi connectivity index (χ1v) is 21.3. The van der Waals surface area contributed by atoms with E-state index < -0.39 is 21.8 Å². The van der Waals surface area contributed by atoms with Gasteiger partial charge in [0.05, 0.1) is 16.0 Å². The van der Waals surface area contributed by atoms with Crippen molar-refractivity contribution in [1.82, 2.24) is 14.8 Å². The summed E-state index contributed by atoms with van der Waals surface area (Å²) in [6.07, 6.45) is 7.56. The summed E-state index contributed by atoms with van der Waals surface area (Å²) in [6, 6.07) is 16.4. The summed E-state index contributed by atoms with van der Waals surface area (Å²) in [5, 5.41) is 20.2. The van der Waals surface area contributed by atoms with Crippen LogP contribution < -0.4 is 18.9 Å². The average molecular weight is 806 g/mol. The molecule has 3 aliphatic heterocycles. The highest BCUT2D eigenvalue weighted by molar-refractivity contribution is 7.90. The van der Waals surface area contributed by atoms with E-state index in [1.165, 1.54) is 12.3 Å². The van der Waals surface area contributed by atoms with E-state index in [0.717, 1.165) is 67.3 Å². The number of nitrogens with zero attached hydrogens (tertiary/aromatic N) is 3. The van der Waals surface area contributed by atoms with Gasteiger partial charge in [-0.3, -0.25) is 14.7 Å². The van der Waals surface area contributed by atoms with E-state index in [4.69, 9.17) is 30.5 Å². The minimum atomic E-state index is -3.47. The number of hydrogen-bond acceptors (Lipinski definition) is 11. The maximum absolute atomic E-state index is 12.2. The first-order valence-electron chi connectivity index (χ1n) is 19.0. The van der Waals surface area contributed by atoms with Crippen LogP contribution in [0.25, 0.3) is 11.1 Å². The molecular formula is C42H48ClN3O9S. The SMILES string of the molecule is Cc1c(COc2cc(OCc3cncc(S(C)(=O)=O)c3)c(CN3CCCC[C@H]3C(=O)O)cc2Cl)cccc1-c1ccc2c(c1)OC(CCN1CCC(O)C1)CO2. The molecule has 0 radical (unpaired) electrons. The van der Waals surface area contributed by atoms with Crippen molar-refractivity contribution in [3.8, 4) is 34.1 Å². The van der Waals surface area contributed by atoms with Crippen LogP contribution in [-0.2, 0) is 34.4 Å². The van der Waals surface area contributed by atoms with Gasteiger partial charge in [0, 0.05) is 68.4 Å². The Labute approximate surface area is 332 Å². The molecule has 0 bridgehead atoms. The van der Waals surface area contributed by atoms with Crippen LogP contribution in [0.15, 0.2) is 71.9 Å². The minimum absolute atomic E-state index is 0.0206. The zero-order valence-corrected chi connectivity index (χ0v) is 33.2. The lowest BCUT2D eigenvalue weighted by molar-refractivity contribution is -0.144. The van der Waals surface area contributed by atoms with E-state index in [1.54, 1.807) is 18.3 Å². The molecule has 2 N–H and O–H groups in total. The van der Waals surface area contributed by atoms with Crippen LogP contribution >= 0.6 is 11.6 Å². The Kier molecular flexibility index (Phi) is 12.4. The number of aromatic nitrogens is 1. The van der Waals surface area contributed by atoms with E-state index in [1.807, 2.05) is 42.2 Å². The molecule has 2 fully saturated rings. The third-order valence-electron chi connectivity index (χ3n) is 10.8. The molecule has 56 heavy (non-hydrogen) atoms. The third-order valence-corrected chi connectivity index (χ3v) is 12.2. The fraction of sp³-hybridized carbons (Fsp3) is 0.429. The Hall–Kier alpha value is -4.40. The van der Waals surface area contributed by atoms with Crippen molar-refractivity contribution >= 4 is 27.4 Å². The lowest BCUT2D eigenvalue weighted by Crippen LogP contribution is -2.44. The summed E-state index contributed by atoms with van der Waals surface area (Å²) >= 11 is 6.85. The zero-order chi connectivity index (χ0) is 39.4. The number of sulfone groups is 1. The highest BCUT2D eigenvalue weighted by atomic mass is 35.5. The maximum atomic E-state index is 12.2. The molecule has 1 aromatic heterocycles. The summed E-state index contributed by atoms with van der Waals surface area (Å²) in [5.74, 6) is 1.39. The number of pyridine rings is 1. The normalized spacial score (nSPS) is 20.2. The van der Waals surface area contributed by atoms with Gasteiger partial charge in [-0.15, -0.1) is 0 Å². The fourth-order valence-electron chi connectivity index (χ4n) is 7.61. The van der Waals surface area contributed by atoms with Gasteiger partial charge >= 0.3 is 5.97 Å². The molecule has 0 spiro atoms.